The highest BCUT2D eigenvalue weighted by atomic mass is 16.5. The maximum atomic E-state index is 10.6. The molecule has 1 heterocycles. The molecule has 0 amide bonds. The average molecular weight is 265 g/mol. The first-order valence-electron chi connectivity index (χ1n) is 7.03. The summed E-state index contributed by atoms with van der Waals surface area (Å²) in [5.41, 5.74) is 0.828. The molecule has 0 radical (unpaired) electrons. The van der Waals surface area contributed by atoms with Crippen LogP contribution in [0.5, 0.6) is 11.5 Å². The van der Waals surface area contributed by atoms with E-state index in [0.717, 1.165) is 24.4 Å². The number of nitrogens with zero attached hydrogens (tertiary/aromatic N) is 1. The fourth-order valence-corrected chi connectivity index (χ4v) is 2.65. The van der Waals surface area contributed by atoms with Gasteiger partial charge in [0.2, 0.25) is 0 Å². The van der Waals surface area contributed by atoms with E-state index >= 15 is 0 Å². The first kappa shape index (κ1) is 14.2. The Hall–Kier alpha value is -1.26. The number of ether oxygens (including phenoxy) is 2. The fourth-order valence-electron chi connectivity index (χ4n) is 2.65. The van der Waals surface area contributed by atoms with Gasteiger partial charge in [-0.1, -0.05) is 26.0 Å². The molecule has 19 heavy (non-hydrogen) atoms. The van der Waals surface area contributed by atoms with Crippen LogP contribution in [0.25, 0.3) is 0 Å². The predicted molar refractivity (Wildman–Crippen MR) is 74.8 cm³/mol. The molecule has 1 aromatic carbocycles. The standard InChI is InChI=1S/C15H23NO3/c1-4-16(5-2)12-10-19-15-11(14(12)17)8-7-9-13(15)18-6-3/h7-9,12,14,17H,4-6,10H2,1-3H3. The minimum absolute atomic E-state index is 0.0133. The van der Waals surface area contributed by atoms with E-state index in [-0.39, 0.29) is 6.04 Å². The van der Waals surface area contributed by atoms with Crippen molar-refractivity contribution in [3.05, 3.63) is 23.8 Å². The maximum absolute atomic E-state index is 10.6. The summed E-state index contributed by atoms with van der Waals surface area (Å²) in [6, 6.07) is 5.71. The van der Waals surface area contributed by atoms with E-state index in [1.807, 2.05) is 25.1 Å². The van der Waals surface area contributed by atoms with Crippen LogP contribution in [-0.2, 0) is 0 Å². The van der Waals surface area contributed by atoms with Crippen molar-refractivity contribution in [1.82, 2.24) is 4.90 Å². The van der Waals surface area contributed by atoms with Crippen molar-refractivity contribution in [2.45, 2.75) is 32.9 Å². The number of hydrogen-bond acceptors (Lipinski definition) is 4. The molecule has 1 aliphatic rings. The van der Waals surface area contributed by atoms with E-state index in [2.05, 4.69) is 18.7 Å². The van der Waals surface area contributed by atoms with E-state index < -0.39 is 6.10 Å². The van der Waals surface area contributed by atoms with Gasteiger partial charge in [-0.15, -0.1) is 0 Å². The molecule has 4 heteroatoms. The topological polar surface area (TPSA) is 41.9 Å². The number of likely N-dealkylation sites (N-methyl/N-ethyl adjacent to an activating group) is 1. The molecule has 0 saturated carbocycles. The van der Waals surface area contributed by atoms with E-state index in [0.29, 0.717) is 19.0 Å². The van der Waals surface area contributed by atoms with Crippen LogP contribution in [0.2, 0.25) is 0 Å². The van der Waals surface area contributed by atoms with E-state index in [1.165, 1.54) is 0 Å². The van der Waals surface area contributed by atoms with Crippen LogP contribution >= 0.6 is 0 Å². The zero-order valence-electron chi connectivity index (χ0n) is 11.9. The minimum Gasteiger partial charge on any atom is -0.490 e. The van der Waals surface area contributed by atoms with Gasteiger partial charge in [-0.05, 0) is 26.1 Å². The molecular weight excluding hydrogens is 242 g/mol. The SMILES string of the molecule is CCOc1cccc2c1OCC(N(CC)CC)C2O. The third kappa shape index (κ3) is 2.69. The summed E-state index contributed by atoms with van der Waals surface area (Å²) >= 11 is 0. The second kappa shape index (κ2) is 6.26. The Labute approximate surface area is 114 Å². The van der Waals surface area contributed by atoms with Crippen molar-refractivity contribution in [1.29, 1.82) is 0 Å². The molecule has 106 valence electrons. The van der Waals surface area contributed by atoms with Crippen LogP contribution in [0.3, 0.4) is 0 Å². The molecule has 4 nitrogen and oxygen atoms in total. The van der Waals surface area contributed by atoms with Crippen LogP contribution in [-0.4, -0.2) is 42.4 Å². The summed E-state index contributed by atoms with van der Waals surface area (Å²) in [6.07, 6.45) is -0.524. The Kier molecular flexibility index (Phi) is 4.66. The first-order chi connectivity index (χ1) is 9.22. The summed E-state index contributed by atoms with van der Waals surface area (Å²) in [7, 11) is 0. The minimum atomic E-state index is -0.524. The molecular formula is C15H23NO3. The Morgan fingerprint density at radius 1 is 1.32 bits per heavy atom. The van der Waals surface area contributed by atoms with Gasteiger partial charge in [0, 0.05) is 5.56 Å². The normalized spacial score (nSPS) is 21.9. The summed E-state index contributed by atoms with van der Waals surface area (Å²) in [6.45, 7) is 9.04. The van der Waals surface area contributed by atoms with Crippen molar-refractivity contribution < 1.29 is 14.6 Å². The third-order valence-electron chi connectivity index (χ3n) is 3.67. The molecule has 1 N–H and O–H groups in total. The molecule has 0 aliphatic carbocycles. The zero-order valence-corrected chi connectivity index (χ0v) is 11.9. The Morgan fingerprint density at radius 3 is 2.68 bits per heavy atom. The van der Waals surface area contributed by atoms with E-state index in [4.69, 9.17) is 9.47 Å². The zero-order chi connectivity index (χ0) is 13.8. The summed E-state index contributed by atoms with van der Waals surface area (Å²) < 4.78 is 11.4. The number of rotatable bonds is 5. The fraction of sp³-hybridized carbons (Fsp3) is 0.600. The van der Waals surface area contributed by atoms with Crippen LogP contribution < -0.4 is 9.47 Å². The van der Waals surface area contributed by atoms with Gasteiger partial charge in [-0.25, -0.2) is 0 Å². The average Bonchev–Trinajstić information content (AvgIpc) is 2.43. The molecule has 0 fully saturated rings. The Balaban J connectivity index is 2.28. The molecule has 2 rings (SSSR count). The lowest BCUT2D eigenvalue weighted by atomic mass is 9.97. The number of benzene rings is 1. The Bertz CT molecular complexity index is 418. The van der Waals surface area contributed by atoms with Gasteiger partial charge in [-0.2, -0.15) is 0 Å². The highest BCUT2D eigenvalue weighted by Crippen LogP contribution is 2.40. The van der Waals surface area contributed by atoms with Crippen LogP contribution in [0.15, 0.2) is 18.2 Å². The molecule has 2 unspecified atom stereocenters. The number of aliphatic hydroxyl groups is 1. The van der Waals surface area contributed by atoms with Gasteiger partial charge in [0.15, 0.2) is 11.5 Å². The van der Waals surface area contributed by atoms with Crippen molar-refractivity contribution in [2.75, 3.05) is 26.3 Å². The number of para-hydroxylation sites is 1. The van der Waals surface area contributed by atoms with Gasteiger partial charge in [0.25, 0.3) is 0 Å². The molecule has 0 bridgehead atoms. The number of hydrogen-bond donors (Lipinski definition) is 1. The maximum Gasteiger partial charge on any atom is 0.167 e. The largest absolute Gasteiger partial charge is 0.490 e. The molecule has 1 aromatic rings. The van der Waals surface area contributed by atoms with Gasteiger partial charge in [0.1, 0.15) is 12.7 Å². The van der Waals surface area contributed by atoms with Crippen molar-refractivity contribution in [3.63, 3.8) is 0 Å². The van der Waals surface area contributed by atoms with E-state index in [9.17, 15) is 5.11 Å². The van der Waals surface area contributed by atoms with Gasteiger partial charge in [-0.3, -0.25) is 4.90 Å². The quantitative estimate of drug-likeness (QED) is 0.886. The molecule has 1 aliphatic heterocycles. The first-order valence-corrected chi connectivity index (χ1v) is 7.03. The van der Waals surface area contributed by atoms with Crippen molar-refractivity contribution >= 4 is 0 Å². The molecule has 0 aromatic heterocycles. The Morgan fingerprint density at radius 2 is 2.05 bits per heavy atom. The smallest absolute Gasteiger partial charge is 0.167 e. The van der Waals surface area contributed by atoms with Gasteiger partial charge < -0.3 is 14.6 Å². The molecule has 0 spiro atoms. The highest BCUT2D eigenvalue weighted by molar-refractivity contribution is 5.49. The number of fused-ring (bicyclic) bond motifs is 1. The summed E-state index contributed by atoms with van der Waals surface area (Å²) in [5, 5.41) is 10.6. The van der Waals surface area contributed by atoms with Gasteiger partial charge in [0.05, 0.1) is 12.6 Å². The predicted octanol–water partition coefficient (Wildman–Crippen LogP) is 2.22. The lowest BCUT2D eigenvalue weighted by Crippen LogP contribution is -2.45. The van der Waals surface area contributed by atoms with Crippen molar-refractivity contribution in [3.8, 4) is 11.5 Å². The number of aliphatic hydroxyl groups excluding tert-OH is 1. The summed E-state index contributed by atoms with van der Waals surface area (Å²) in [4.78, 5) is 2.22. The van der Waals surface area contributed by atoms with Crippen LogP contribution in [0, 0.1) is 0 Å². The summed E-state index contributed by atoms with van der Waals surface area (Å²) in [5.74, 6) is 1.41. The van der Waals surface area contributed by atoms with E-state index in [1.54, 1.807) is 0 Å². The van der Waals surface area contributed by atoms with Crippen molar-refractivity contribution in [2.24, 2.45) is 0 Å². The third-order valence-corrected chi connectivity index (χ3v) is 3.67. The second-order valence-electron chi connectivity index (χ2n) is 4.65. The highest BCUT2D eigenvalue weighted by Gasteiger charge is 2.34. The molecule has 0 saturated heterocycles. The lowest BCUT2D eigenvalue weighted by molar-refractivity contribution is 0.00657. The second-order valence-corrected chi connectivity index (χ2v) is 4.65. The van der Waals surface area contributed by atoms with Crippen LogP contribution in [0.4, 0.5) is 0 Å². The monoisotopic (exact) mass is 265 g/mol. The van der Waals surface area contributed by atoms with Crippen LogP contribution in [0.1, 0.15) is 32.4 Å². The lowest BCUT2D eigenvalue weighted by Gasteiger charge is -2.37. The molecule has 2 atom stereocenters. The van der Waals surface area contributed by atoms with Gasteiger partial charge >= 0.3 is 0 Å².